The summed E-state index contributed by atoms with van der Waals surface area (Å²) in [5.74, 6) is 0.766. The van der Waals surface area contributed by atoms with Crippen LogP contribution in [-0.2, 0) is 0 Å². The predicted octanol–water partition coefficient (Wildman–Crippen LogP) is 4.41. The van der Waals surface area contributed by atoms with Gasteiger partial charge in [0.2, 0.25) is 0 Å². The fourth-order valence-corrected chi connectivity index (χ4v) is 2.38. The van der Waals surface area contributed by atoms with Crippen LogP contribution in [0.1, 0.15) is 5.56 Å². The number of hydrogen-bond acceptors (Lipinski definition) is 3. The van der Waals surface area contributed by atoms with Crippen LogP contribution in [0.25, 0.3) is 22.3 Å². The highest BCUT2D eigenvalue weighted by atomic mass is 35.5. The minimum atomic E-state index is -0.329. The van der Waals surface area contributed by atoms with E-state index in [4.69, 9.17) is 16.3 Å². The number of fused-ring (bicyclic) bond motifs is 1. The van der Waals surface area contributed by atoms with Crippen LogP contribution in [0.4, 0.5) is 4.39 Å². The molecule has 0 aliphatic carbocycles. The summed E-state index contributed by atoms with van der Waals surface area (Å²) in [7, 11) is 1.58. The van der Waals surface area contributed by atoms with Gasteiger partial charge in [-0.1, -0.05) is 17.7 Å². The van der Waals surface area contributed by atoms with Gasteiger partial charge in [-0.15, -0.1) is 0 Å². The molecular weight excluding hydrogens is 291 g/mol. The number of methoxy groups -OCH3 is 1. The van der Waals surface area contributed by atoms with Crippen molar-refractivity contribution in [3.63, 3.8) is 0 Å². The van der Waals surface area contributed by atoms with Crippen molar-refractivity contribution in [1.82, 2.24) is 9.97 Å². The number of halogens is 2. The molecule has 0 aliphatic heterocycles. The summed E-state index contributed by atoms with van der Waals surface area (Å²) in [6, 6.07) is 9.90. The van der Waals surface area contributed by atoms with E-state index in [-0.39, 0.29) is 5.82 Å². The molecule has 0 bridgehead atoms. The first kappa shape index (κ1) is 13.8. The van der Waals surface area contributed by atoms with E-state index >= 15 is 0 Å². The Morgan fingerprint density at radius 2 is 1.90 bits per heavy atom. The fourth-order valence-electron chi connectivity index (χ4n) is 2.15. The Morgan fingerprint density at radius 1 is 1.10 bits per heavy atom. The summed E-state index contributed by atoms with van der Waals surface area (Å²) >= 11 is 6.23. The number of aryl methyl sites for hydroxylation is 1. The van der Waals surface area contributed by atoms with Gasteiger partial charge < -0.3 is 4.74 Å². The van der Waals surface area contributed by atoms with Crippen molar-refractivity contribution in [3.05, 3.63) is 52.9 Å². The van der Waals surface area contributed by atoms with Crippen LogP contribution in [0.5, 0.6) is 5.75 Å². The van der Waals surface area contributed by atoms with E-state index in [2.05, 4.69) is 9.97 Å². The summed E-state index contributed by atoms with van der Waals surface area (Å²) in [6.45, 7) is 1.88. The van der Waals surface area contributed by atoms with Gasteiger partial charge in [0.1, 0.15) is 16.7 Å². The van der Waals surface area contributed by atoms with Crippen LogP contribution in [0.3, 0.4) is 0 Å². The molecular formula is C16H12ClFN2O. The Hall–Kier alpha value is -2.20. The molecule has 0 N–H and O–H groups in total. The third kappa shape index (κ3) is 2.54. The summed E-state index contributed by atoms with van der Waals surface area (Å²) < 4.78 is 18.6. The Bertz CT molecular complexity index is 836. The Kier molecular flexibility index (Phi) is 3.47. The zero-order valence-corrected chi connectivity index (χ0v) is 12.3. The van der Waals surface area contributed by atoms with E-state index in [1.165, 1.54) is 12.1 Å². The molecule has 1 aromatic heterocycles. The summed E-state index contributed by atoms with van der Waals surface area (Å²) in [5, 5.41) is 1.02. The SMILES string of the molecule is COc1ccc2nc(-c3cc(F)ccc3C)nc(Cl)c2c1. The number of ether oxygens (including phenoxy) is 1. The second-order valence-corrected chi connectivity index (χ2v) is 5.04. The van der Waals surface area contributed by atoms with Gasteiger partial charge in [0.15, 0.2) is 5.82 Å². The van der Waals surface area contributed by atoms with E-state index in [1.807, 2.05) is 6.92 Å². The van der Waals surface area contributed by atoms with E-state index in [1.54, 1.807) is 31.4 Å². The minimum absolute atomic E-state index is 0.317. The molecule has 0 amide bonds. The monoisotopic (exact) mass is 302 g/mol. The molecule has 0 spiro atoms. The number of hydrogen-bond donors (Lipinski definition) is 0. The van der Waals surface area contributed by atoms with Crippen LogP contribution in [0.2, 0.25) is 5.15 Å². The molecule has 106 valence electrons. The maximum atomic E-state index is 13.4. The van der Waals surface area contributed by atoms with Gasteiger partial charge in [-0.3, -0.25) is 0 Å². The minimum Gasteiger partial charge on any atom is -0.497 e. The lowest BCUT2D eigenvalue weighted by Gasteiger charge is -2.08. The van der Waals surface area contributed by atoms with Gasteiger partial charge >= 0.3 is 0 Å². The summed E-state index contributed by atoms with van der Waals surface area (Å²) in [6.07, 6.45) is 0. The first-order chi connectivity index (χ1) is 10.1. The third-order valence-electron chi connectivity index (χ3n) is 3.30. The third-order valence-corrected chi connectivity index (χ3v) is 3.59. The molecule has 0 unspecified atom stereocenters. The van der Waals surface area contributed by atoms with Crippen LogP contribution in [0.15, 0.2) is 36.4 Å². The molecule has 2 aromatic carbocycles. The molecule has 3 aromatic rings. The molecule has 0 atom stereocenters. The van der Waals surface area contributed by atoms with Gasteiger partial charge in [-0.2, -0.15) is 0 Å². The molecule has 0 saturated heterocycles. The number of aromatic nitrogens is 2. The number of benzene rings is 2. The van der Waals surface area contributed by atoms with Crippen molar-refractivity contribution in [2.75, 3.05) is 7.11 Å². The first-order valence-corrected chi connectivity index (χ1v) is 6.74. The van der Waals surface area contributed by atoms with E-state index in [0.29, 0.717) is 33.2 Å². The molecule has 0 fully saturated rings. The second-order valence-electron chi connectivity index (χ2n) is 4.68. The average Bonchev–Trinajstić information content (AvgIpc) is 2.49. The lowest BCUT2D eigenvalue weighted by atomic mass is 10.1. The molecule has 5 heteroatoms. The van der Waals surface area contributed by atoms with Crippen LogP contribution in [0, 0.1) is 12.7 Å². The quantitative estimate of drug-likeness (QED) is 0.658. The Balaban J connectivity index is 2.23. The zero-order chi connectivity index (χ0) is 15.0. The van der Waals surface area contributed by atoms with E-state index in [0.717, 1.165) is 5.56 Å². The summed E-state index contributed by atoms with van der Waals surface area (Å²) in [5.41, 5.74) is 2.21. The second kappa shape index (κ2) is 5.30. The van der Waals surface area contributed by atoms with Crippen molar-refractivity contribution in [3.8, 4) is 17.1 Å². The van der Waals surface area contributed by atoms with Gasteiger partial charge in [0, 0.05) is 10.9 Å². The number of nitrogens with zero attached hydrogens (tertiary/aromatic N) is 2. The standard InChI is InChI=1S/C16H12ClFN2O/c1-9-3-4-10(18)7-12(9)16-19-14-6-5-11(21-2)8-13(14)15(17)20-16/h3-8H,1-2H3. The van der Waals surface area contributed by atoms with Gasteiger partial charge in [0.05, 0.1) is 12.6 Å². The topological polar surface area (TPSA) is 35.0 Å². The van der Waals surface area contributed by atoms with Crippen molar-refractivity contribution in [1.29, 1.82) is 0 Å². The maximum absolute atomic E-state index is 13.4. The van der Waals surface area contributed by atoms with Crippen LogP contribution < -0.4 is 4.74 Å². The lowest BCUT2D eigenvalue weighted by Crippen LogP contribution is -1.95. The first-order valence-electron chi connectivity index (χ1n) is 6.36. The van der Waals surface area contributed by atoms with E-state index < -0.39 is 0 Å². The zero-order valence-electron chi connectivity index (χ0n) is 11.5. The van der Waals surface area contributed by atoms with Gasteiger partial charge in [0.25, 0.3) is 0 Å². The highest BCUT2D eigenvalue weighted by Crippen LogP contribution is 2.29. The van der Waals surface area contributed by atoms with Crippen molar-refractivity contribution >= 4 is 22.5 Å². The molecule has 0 radical (unpaired) electrons. The van der Waals surface area contributed by atoms with Gasteiger partial charge in [-0.25, -0.2) is 14.4 Å². The van der Waals surface area contributed by atoms with Crippen molar-refractivity contribution in [2.45, 2.75) is 6.92 Å². The number of rotatable bonds is 2. The predicted molar refractivity (Wildman–Crippen MR) is 81.2 cm³/mol. The van der Waals surface area contributed by atoms with E-state index in [9.17, 15) is 4.39 Å². The molecule has 21 heavy (non-hydrogen) atoms. The Labute approximate surface area is 126 Å². The smallest absolute Gasteiger partial charge is 0.161 e. The molecule has 1 heterocycles. The highest BCUT2D eigenvalue weighted by molar-refractivity contribution is 6.34. The highest BCUT2D eigenvalue weighted by Gasteiger charge is 2.11. The molecule has 3 nitrogen and oxygen atoms in total. The largest absolute Gasteiger partial charge is 0.497 e. The van der Waals surface area contributed by atoms with Gasteiger partial charge in [-0.05, 0) is 42.8 Å². The maximum Gasteiger partial charge on any atom is 0.161 e. The van der Waals surface area contributed by atoms with Crippen LogP contribution >= 0.6 is 11.6 Å². The fraction of sp³-hybridized carbons (Fsp3) is 0.125. The van der Waals surface area contributed by atoms with Crippen LogP contribution in [-0.4, -0.2) is 17.1 Å². The average molecular weight is 303 g/mol. The molecule has 0 aliphatic rings. The lowest BCUT2D eigenvalue weighted by molar-refractivity contribution is 0.415. The Morgan fingerprint density at radius 3 is 2.67 bits per heavy atom. The van der Waals surface area contributed by atoms with Crippen molar-refractivity contribution < 1.29 is 9.13 Å². The van der Waals surface area contributed by atoms with Crippen molar-refractivity contribution in [2.24, 2.45) is 0 Å². The molecule has 0 saturated carbocycles. The molecule has 3 rings (SSSR count). The normalized spacial score (nSPS) is 10.9. The summed E-state index contributed by atoms with van der Waals surface area (Å²) in [4.78, 5) is 8.75.